The van der Waals surface area contributed by atoms with Crippen LogP contribution < -0.4 is 9.47 Å². The molecule has 5 heteroatoms. The second-order valence-corrected chi connectivity index (χ2v) is 4.66. The number of halogens is 3. The molecular formula is C10H11Br2ClO2. The van der Waals surface area contributed by atoms with Gasteiger partial charge in [-0.2, -0.15) is 0 Å². The van der Waals surface area contributed by atoms with Crippen LogP contribution in [0.25, 0.3) is 0 Å². The minimum atomic E-state index is 0.585. The van der Waals surface area contributed by atoms with Crippen LogP contribution >= 0.6 is 43.5 Å². The Labute approximate surface area is 111 Å². The summed E-state index contributed by atoms with van der Waals surface area (Å²) < 4.78 is 10.9. The summed E-state index contributed by atoms with van der Waals surface area (Å²) in [6, 6.07) is 5.40. The molecule has 0 spiro atoms. The van der Waals surface area contributed by atoms with Gasteiger partial charge in [-0.25, -0.2) is 0 Å². The van der Waals surface area contributed by atoms with Crippen molar-refractivity contribution < 1.29 is 9.47 Å². The molecule has 0 unspecified atom stereocenters. The van der Waals surface area contributed by atoms with Crippen molar-refractivity contribution in [1.82, 2.24) is 0 Å². The van der Waals surface area contributed by atoms with Gasteiger partial charge in [0.1, 0.15) is 11.5 Å². The summed E-state index contributed by atoms with van der Waals surface area (Å²) in [5, 5.41) is 2.17. The number of hydrogen-bond acceptors (Lipinski definition) is 2. The largest absolute Gasteiger partial charge is 0.493 e. The maximum atomic E-state index is 5.96. The average molecular weight is 358 g/mol. The summed E-state index contributed by atoms with van der Waals surface area (Å²) in [5.41, 5.74) is 0. The van der Waals surface area contributed by atoms with Crippen LogP contribution in [0, 0.1) is 0 Å². The highest BCUT2D eigenvalue weighted by molar-refractivity contribution is 9.09. The molecule has 0 saturated heterocycles. The van der Waals surface area contributed by atoms with Gasteiger partial charge in [0, 0.05) is 16.7 Å². The zero-order chi connectivity index (χ0) is 11.1. The lowest BCUT2D eigenvalue weighted by molar-refractivity contribution is 0.328. The van der Waals surface area contributed by atoms with Crippen LogP contribution in [0.5, 0.6) is 11.5 Å². The van der Waals surface area contributed by atoms with E-state index in [2.05, 4.69) is 31.9 Å². The molecule has 1 rings (SSSR count). The Bertz CT molecular complexity index is 307. The van der Waals surface area contributed by atoms with E-state index in [1.54, 1.807) is 12.1 Å². The van der Waals surface area contributed by atoms with Gasteiger partial charge < -0.3 is 9.47 Å². The molecule has 1 aromatic rings. The molecule has 0 heterocycles. The number of ether oxygens (including phenoxy) is 2. The monoisotopic (exact) mass is 356 g/mol. The Morgan fingerprint density at radius 2 is 1.73 bits per heavy atom. The quantitative estimate of drug-likeness (QED) is 0.719. The number of rotatable bonds is 6. The van der Waals surface area contributed by atoms with Crippen LogP contribution in [0.4, 0.5) is 0 Å². The van der Waals surface area contributed by atoms with E-state index in [1.165, 1.54) is 0 Å². The summed E-state index contributed by atoms with van der Waals surface area (Å²) in [7, 11) is 0. The maximum absolute atomic E-state index is 5.96. The molecule has 0 amide bonds. The minimum absolute atomic E-state index is 0.585. The second kappa shape index (κ2) is 7.36. The minimum Gasteiger partial charge on any atom is -0.493 e. The number of alkyl halides is 2. The summed E-state index contributed by atoms with van der Waals surface area (Å²) in [5.74, 6) is 1.42. The molecule has 84 valence electrons. The van der Waals surface area contributed by atoms with Gasteiger partial charge in [0.25, 0.3) is 0 Å². The maximum Gasteiger partial charge on any atom is 0.141 e. The summed E-state index contributed by atoms with van der Waals surface area (Å²) >= 11 is 12.5. The fourth-order valence-corrected chi connectivity index (χ4v) is 1.48. The third-order valence-corrected chi connectivity index (χ3v) is 2.54. The molecule has 2 nitrogen and oxygen atoms in total. The molecule has 0 N–H and O–H groups in total. The molecule has 1 aromatic carbocycles. The van der Waals surface area contributed by atoms with Gasteiger partial charge in [0.2, 0.25) is 0 Å². The normalized spacial score (nSPS) is 10.1. The van der Waals surface area contributed by atoms with Crippen molar-refractivity contribution in [2.75, 3.05) is 23.9 Å². The van der Waals surface area contributed by atoms with Gasteiger partial charge in [-0.05, 0) is 12.1 Å². The van der Waals surface area contributed by atoms with Crippen molar-refractivity contribution in [2.45, 2.75) is 0 Å². The highest BCUT2D eigenvalue weighted by Gasteiger charge is 2.03. The van der Waals surface area contributed by atoms with Gasteiger partial charge in [0.05, 0.1) is 18.2 Å². The predicted molar refractivity (Wildman–Crippen MR) is 70.0 cm³/mol. The van der Waals surface area contributed by atoms with Crippen LogP contribution in [-0.2, 0) is 0 Å². The van der Waals surface area contributed by atoms with Crippen molar-refractivity contribution in [3.8, 4) is 11.5 Å². The molecule has 0 aliphatic carbocycles. The standard InChI is InChI=1S/C10H11Br2ClO2/c11-3-5-14-8-1-2-9(13)10(7-8)15-6-4-12/h1-2,7H,3-6H2. The smallest absolute Gasteiger partial charge is 0.141 e. The predicted octanol–water partition coefficient (Wildman–Crippen LogP) is 3.89. The molecule has 0 aliphatic rings. The van der Waals surface area contributed by atoms with Crippen molar-refractivity contribution in [3.63, 3.8) is 0 Å². The third kappa shape index (κ3) is 4.62. The lowest BCUT2D eigenvalue weighted by atomic mass is 10.3. The van der Waals surface area contributed by atoms with Crippen LogP contribution in [0.15, 0.2) is 18.2 Å². The Morgan fingerprint density at radius 1 is 1.07 bits per heavy atom. The highest BCUT2D eigenvalue weighted by atomic mass is 79.9. The van der Waals surface area contributed by atoms with Gasteiger partial charge in [-0.3, -0.25) is 0 Å². The van der Waals surface area contributed by atoms with Gasteiger partial charge in [0.15, 0.2) is 0 Å². The molecule has 0 aromatic heterocycles. The van der Waals surface area contributed by atoms with E-state index in [0.29, 0.717) is 24.0 Å². The van der Waals surface area contributed by atoms with Crippen LogP contribution in [0.3, 0.4) is 0 Å². The van der Waals surface area contributed by atoms with Crippen molar-refractivity contribution in [1.29, 1.82) is 0 Å². The van der Waals surface area contributed by atoms with E-state index in [4.69, 9.17) is 21.1 Å². The Balaban J connectivity index is 2.66. The molecule has 0 fully saturated rings. The third-order valence-electron chi connectivity index (χ3n) is 1.58. The Hall–Kier alpha value is 0.0700. The fourth-order valence-electron chi connectivity index (χ4n) is 0.989. The SMILES string of the molecule is Clc1ccc(OCCBr)cc1OCCBr. The van der Waals surface area contributed by atoms with Crippen LogP contribution in [0.1, 0.15) is 0 Å². The van der Waals surface area contributed by atoms with Gasteiger partial charge in [-0.1, -0.05) is 43.5 Å². The molecule has 0 radical (unpaired) electrons. The van der Waals surface area contributed by atoms with Gasteiger partial charge in [-0.15, -0.1) is 0 Å². The van der Waals surface area contributed by atoms with Crippen LogP contribution in [0.2, 0.25) is 5.02 Å². The second-order valence-electron chi connectivity index (χ2n) is 2.67. The molecule has 0 bridgehead atoms. The van der Waals surface area contributed by atoms with Crippen LogP contribution in [-0.4, -0.2) is 23.9 Å². The fraction of sp³-hybridized carbons (Fsp3) is 0.400. The topological polar surface area (TPSA) is 18.5 Å². The Kier molecular flexibility index (Phi) is 6.45. The number of benzene rings is 1. The van der Waals surface area contributed by atoms with E-state index in [-0.39, 0.29) is 0 Å². The highest BCUT2D eigenvalue weighted by Crippen LogP contribution is 2.29. The summed E-state index contributed by atoms with van der Waals surface area (Å²) in [6.07, 6.45) is 0. The summed E-state index contributed by atoms with van der Waals surface area (Å²) in [4.78, 5) is 0. The molecule has 0 atom stereocenters. The van der Waals surface area contributed by atoms with E-state index < -0.39 is 0 Å². The lowest BCUT2D eigenvalue weighted by Crippen LogP contribution is -2.00. The van der Waals surface area contributed by atoms with E-state index in [0.717, 1.165) is 16.4 Å². The first-order chi connectivity index (χ1) is 7.27. The lowest BCUT2D eigenvalue weighted by Gasteiger charge is -2.09. The van der Waals surface area contributed by atoms with Gasteiger partial charge >= 0.3 is 0 Å². The molecule has 15 heavy (non-hydrogen) atoms. The van der Waals surface area contributed by atoms with E-state index in [9.17, 15) is 0 Å². The summed E-state index contributed by atoms with van der Waals surface area (Å²) in [6.45, 7) is 1.21. The molecule has 0 aliphatic heterocycles. The average Bonchev–Trinajstić information content (AvgIpc) is 2.26. The first-order valence-corrected chi connectivity index (χ1v) is 7.07. The van der Waals surface area contributed by atoms with Crippen molar-refractivity contribution in [3.05, 3.63) is 23.2 Å². The number of hydrogen-bond donors (Lipinski definition) is 0. The van der Waals surface area contributed by atoms with Crippen molar-refractivity contribution in [2.24, 2.45) is 0 Å². The van der Waals surface area contributed by atoms with E-state index in [1.807, 2.05) is 6.07 Å². The van der Waals surface area contributed by atoms with E-state index >= 15 is 0 Å². The zero-order valence-corrected chi connectivity index (χ0v) is 11.9. The molecule has 0 saturated carbocycles. The first-order valence-electron chi connectivity index (χ1n) is 4.45. The first kappa shape index (κ1) is 13.1. The Morgan fingerprint density at radius 3 is 2.40 bits per heavy atom. The van der Waals surface area contributed by atoms with Crippen molar-refractivity contribution >= 4 is 43.5 Å². The zero-order valence-electron chi connectivity index (χ0n) is 8.01. The molecular weight excluding hydrogens is 347 g/mol.